The van der Waals surface area contributed by atoms with E-state index in [1.807, 2.05) is 39.2 Å². The molecule has 0 aromatic heterocycles. The van der Waals surface area contributed by atoms with E-state index in [0.29, 0.717) is 6.04 Å². The van der Waals surface area contributed by atoms with Gasteiger partial charge in [-0.2, -0.15) is 0 Å². The predicted octanol–water partition coefficient (Wildman–Crippen LogP) is 1.77. The molecule has 2 atom stereocenters. The molecule has 0 aliphatic carbocycles. The number of carbonyl (C=O) groups is 1. The Morgan fingerprint density at radius 2 is 2.25 bits per heavy atom. The molecule has 1 aromatic rings. The SMILES string of the molecule is CC1Cc2cc(C(=O)C(C)NCCN(C)C)ccc2N1. The molecule has 0 saturated heterocycles. The van der Waals surface area contributed by atoms with E-state index in [4.69, 9.17) is 0 Å². The summed E-state index contributed by atoms with van der Waals surface area (Å²) in [6, 6.07) is 6.32. The molecule has 1 aliphatic heterocycles. The van der Waals surface area contributed by atoms with E-state index in [1.54, 1.807) is 0 Å². The van der Waals surface area contributed by atoms with Crippen LogP contribution in [0.3, 0.4) is 0 Å². The Hall–Kier alpha value is -1.39. The second-order valence-electron chi connectivity index (χ2n) is 5.96. The number of hydrogen-bond acceptors (Lipinski definition) is 4. The second-order valence-corrected chi connectivity index (χ2v) is 5.96. The average Bonchev–Trinajstić information content (AvgIpc) is 2.76. The fourth-order valence-corrected chi connectivity index (χ4v) is 2.55. The summed E-state index contributed by atoms with van der Waals surface area (Å²) in [5, 5.41) is 6.69. The van der Waals surface area contributed by atoms with Gasteiger partial charge in [0, 0.05) is 30.4 Å². The molecule has 0 bridgehead atoms. The number of ketones is 1. The summed E-state index contributed by atoms with van der Waals surface area (Å²) in [5.74, 6) is 0.172. The summed E-state index contributed by atoms with van der Waals surface area (Å²) >= 11 is 0. The lowest BCUT2D eigenvalue weighted by molar-refractivity contribution is 0.0950. The standard InChI is InChI=1S/C16H25N3O/c1-11-9-14-10-13(5-6-15(14)18-11)16(20)12(2)17-7-8-19(3)4/h5-6,10-12,17-18H,7-9H2,1-4H3. The van der Waals surface area contributed by atoms with Crippen LogP contribution in [0, 0.1) is 0 Å². The normalized spacial score (nSPS) is 18.8. The zero-order valence-corrected chi connectivity index (χ0v) is 12.9. The number of benzene rings is 1. The maximum atomic E-state index is 12.4. The Labute approximate surface area is 121 Å². The molecule has 1 aromatic carbocycles. The van der Waals surface area contributed by atoms with Gasteiger partial charge in [-0.3, -0.25) is 4.79 Å². The fraction of sp³-hybridized carbons (Fsp3) is 0.562. The third kappa shape index (κ3) is 3.58. The number of rotatable bonds is 6. The second kappa shape index (κ2) is 6.37. The first-order valence-corrected chi connectivity index (χ1v) is 7.29. The van der Waals surface area contributed by atoms with Gasteiger partial charge in [0.15, 0.2) is 5.78 Å². The number of nitrogens with zero attached hydrogens (tertiary/aromatic N) is 1. The van der Waals surface area contributed by atoms with Gasteiger partial charge in [0.05, 0.1) is 6.04 Å². The van der Waals surface area contributed by atoms with Gasteiger partial charge in [0.2, 0.25) is 0 Å². The summed E-state index contributed by atoms with van der Waals surface area (Å²) < 4.78 is 0. The summed E-state index contributed by atoms with van der Waals surface area (Å²) in [4.78, 5) is 14.5. The van der Waals surface area contributed by atoms with E-state index < -0.39 is 0 Å². The Morgan fingerprint density at radius 1 is 1.50 bits per heavy atom. The van der Waals surface area contributed by atoms with E-state index in [0.717, 1.165) is 25.1 Å². The van der Waals surface area contributed by atoms with Crippen molar-refractivity contribution < 1.29 is 4.79 Å². The van der Waals surface area contributed by atoms with Crippen molar-refractivity contribution in [2.75, 3.05) is 32.5 Å². The Balaban J connectivity index is 1.97. The smallest absolute Gasteiger partial charge is 0.179 e. The number of carbonyl (C=O) groups excluding carboxylic acids is 1. The van der Waals surface area contributed by atoms with Crippen molar-refractivity contribution in [2.24, 2.45) is 0 Å². The lowest BCUT2D eigenvalue weighted by atomic mass is 10.0. The minimum absolute atomic E-state index is 0.139. The molecule has 2 rings (SSSR count). The highest BCUT2D eigenvalue weighted by Gasteiger charge is 2.20. The minimum atomic E-state index is -0.139. The van der Waals surface area contributed by atoms with Crippen molar-refractivity contribution >= 4 is 11.5 Å². The first-order chi connectivity index (χ1) is 9.47. The molecule has 4 heteroatoms. The Kier molecular flexibility index (Phi) is 4.78. The Morgan fingerprint density at radius 3 is 2.95 bits per heavy atom. The van der Waals surface area contributed by atoms with Crippen molar-refractivity contribution in [3.63, 3.8) is 0 Å². The number of anilines is 1. The zero-order chi connectivity index (χ0) is 14.7. The topological polar surface area (TPSA) is 44.4 Å². The first-order valence-electron chi connectivity index (χ1n) is 7.29. The highest BCUT2D eigenvalue weighted by molar-refractivity contribution is 6.00. The Bertz CT molecular complexity index is 485. The van der Waals surface area contributed by atoms with Crippen LogP contribution in [0.1, 0.15) is 29.8 Å². The van der Waals surface area contributed by atoms with Gasteiger partial charge in [-0.25, -0.2) is 0 Å². The van der Waals surface area contributed by atoms with E-state index in [1.165, 1.54) is 11.3 Å². The molecule has 0 spiro atoms. The molecule has 2 unspecified atom stereocenters. The van der Waals surface area contributed by atoms with E-state index in [9.17, 15) is 4.79 Å². The highest BCUT2D eigenvalue weighted by Crippen LogP contribution is 2.26. The van der Waals surface area contributed by atoms with Crippen molar-refractivity contribution in [3.8, 4) is 0 Å². The molecule has 20 heavy (non-hydrogen) atoms. The van der Waals surface area contributed by atoms with E-state index in [-0.39, 0.29) is 11.8 Å². The largest absolute Gasteiger partial charge is 0.382 e. The van der Waals surface area contributed by atoms with E-state index in [2.05, 4.69) is 22.5 Å². The van der Waals surface area contributed by atoms with Crippen LogP contribution in [-0.4, -0.2) is 50.0 Å². The van der Waals surface area contributed by atoms with Crippen molar-refractivity contribution in [1.29, 1.82) is 0 Å². The van der Waals surface area contributed by atoms with Crippen LogP contribution in [0.15, 0.2) is 18.2 Å². The third-order valence-corrected chi connectivity index (χ3v) is 3.72. The maximum absolute atomic E-state index is 12.4. The van der Waals surface area contributed by atoms with Crippen LogP contribution < -0.4 is 10.6 Å². The predicted molar refractivity (Wildman–Crippen MR) is 83.6 cm³/mol. The monoisotopic (exact) mass is 275 g/mol. The van der Waals surface area contributed by atoms with Crippen LogP contribution >= 0.6 is 0 Å². The quantitative estimate of drug-likeness (QED) is 0.777. The first kappa shape index (κ1) is 15.0. The molecule has 0 saturated carbocycles. The number of fused-ring (bicyclic) bond motifs is 1. The summed E-state index contributed by atoms with van der Waals surface area (Å²) in [7, 11) is 4.06. The van der Waals surface area contributed by atoms with Crippen LogP contribution in [0.25, 0.3) is 0 Å². The molecule has 4 nitrogen and oxygen atoms in total. The third-order valence-electron chi connectivity index (χ3n) is 3.72. The van der Waals surface area contributed by atoms with Crippen LogP contribution in [0.2, 0.25) is 0 Å². The lowest BCUT2D eigenvalue weighted by Crippen LogP contribution is -2.38. The fourth-order valence-electron chi connectivity index (χ4n) is 2.55. The van der Waals surface area contributed by atoms with Gasteiger partial charge < -0.3 is 15.5 Å². The van der Waals surface area contributed by atoms with Gasteiger partial charge in [0.25, 0.3) is 0 Å². The molecular formula is C16H25N3O. The minimum Gasteiger partial charge on any atom is -0.382 e. The van der Waals surface area contributed by atoms with Crippen LogP contribution in [0.4, 0.5) is 5.69 Å². The van der Waals surface area contributed by atoms with Gasteiger partial charge >= 0.3 is 0 Å². The van der Waals surface area contributed by atoms with Crippen molar-refractivity contribution in [2.45, 2.75) is 32.4 Å². The van der Waals surface area contributed by atoms with Gasteiger partial charge in [-0.05, 0) is 58.1 Å². The van der Waals surface area contributed by atoms with Crippen LogP contribution in [0.5, 0.6) is 0 Å². The van der Waals surface area contributed by atoms with E-state index >= 15 is 0 Å². The number of hydrogen-bond donors (Lipinski definition) is 2. The average molecular weight is 275 g/mol. The van der Waals surface area contributed by atoms with Crippen molar-refractivity contribution in [1.82, 2.24) is 10.2 Å². The molecule has 110 valence electrons. The zero-order valence-electron chi connectivity index (χ0n) is 12.9. The summed E-state index contributed by atoms with van der Waals surface area (Å²) in [6.45, 7) is 5.85. The number of likely N-dealkylation sites (N-methyl/N-ethyl adjacent to an activating group) is 1. The molecule has 2 N–H and O–H groups in total. The molecule has 1 heterocycles. The summed E-state index contributed by atoms with van der Waals surface area (Å²) in [5.41, 5.74) is 3.23. The number of nitrogens with one attached hydrogen (secondary N) is 2. The molecule has 1 aliphatic rings. The molecule has 0 radical (unpaired) electrons. The van der Waals surface area contributed by atoms with Gasteiger partial charge in [0.1, 0.15) is 0 Å². The van der Waals surface area contributed by atoms with Crippen LogP contribution in [-0.2, 0) is 6.42 Å². The van der Waals surface area contributed by atoms with Gasteiger partial charge in [-0.15, -0.1) is 0 Å². The number of Topliss-reactive ketones (excluding diaryl/α,β-unsaturated/α-hetero) is 1. The van der Waals surface area contributed by atoms with Gasteiger partial charge in [-0.1, -0.05) is 0 Å². The molecule has 0 fully saturated rings. The molecular weight excluding hydrogens is 250 g/mol. The summed E-state index contributed by atoms with van der Waals surface area (Å²) in [6.07, 6.45) is 0.999. The molecule has 0 amide bonds. The lowest BCUT2D eigenvalue weighted by Gasteiger charge is -2.15. The highest BCUT2D eigenvalue weighted by atomic mass is 16.1. The van der Waals surface area contributed by atoms with Crippen molar-refractivity contribution in [3.05, 3.63) is 29.3 Å². The maximum Gasteiger partial charge on any atom is 0.179 e.